The number of halogens is 3. The normalized spacial score (nSPS) is 11.7. The van der Waals surface area contributed by atoms with Crippen LogP contribution in [-0.2, 0) is 6.18 Å². The van der Waals surface area contributed by atoms with E-state index in [0.717, 1.165) is 12.1 Å². The first-order valence-electron chi connectivity index (χ1n) is 8.24. The first-order chi connectivity index (χ1) is 12.9. The Labute approximate surface area is 152 Å². The summed E-state index contributed by atoms with van der Waals surface area (Å²) in [7, 11) is 0. The quantitative estimate of drug-likeness (QED) is 0.426. The Morgan fingerprint density at radius 1 is 0.704 bits per heavy atom. The zero-order valence-electron chi connectivity index (χ0n) is 14.0. The Balaban J connectivity index is 2.16. The van der Waals surface area contributed by atoms with Gasteiger partial charge in [0.2, 0.25) is 0 Å². The minimum atomic E-state index is -4.51. The maximum atomic E-state index is 13.3. The maximum absolute atomic E-state index is 13.3. The van der Waals surface area contributed by atoms with E-state index in [1.165, 1.54) is 6.07 Å². The smallest absolute Gasteiger partial charge is 0.416 e. The van der Waals surface area contributed by atoms with Crippen LogP contribution < -0.4 is 5.63 Å². The van der Waals surface area contributed by atoms with E-state index in [-0.39, 0.29) is 16.5 Å². The highest BCUT2D eigenvalue weighted by atomic mass is 19.4. The number of alkyl halides is 3. The van der Waals surface area contributed by atoms with Crippen LogP contribution in [0.5, 0.6) is 0 Å². The number of hydrogen-bond donors (Lipinski definition) is 0. The molecule has 0 aliphatic heterocycles. The van der Waals surface area contributed by atoms with E-state index in [9.17, 15) is 18.0 Å². The Hall–Kier alpha value is -3.34. The summed E-state index contributed by atoms with van der Waals surface area (Å²) in [6.45, 7) is 0. The highest BCUT2D eigenvalue weighted by Crippen LogP contribution is 2.39. The van der Waals surface area contributed by atoms with Crippen molar-refractivity contribution in [2.45, 2.75) is 6.18 Å². The standard InChI is InChI=1S/C22H13F3O2/c23-22(24,25)16-11-12-17-18(13-16)19(14-7-3-1-4-8-14)20(27-21(17)26)15-9-5-2-6-10-15/h1-13H. The van der Waals surface area contributed by atoms with E-state index in [1.807, 2.05) is 12.1 Å². The molecule has 4 aromatic rings. The molecule has 5 heteroatoms. The summed E-state index contributed by atoms with van der Waals surface area (Å²) < 4.78 is 45.4. The summed E-state index contributed by atoms with van der Waals surface area (Å²) in [4.78, 5) is 12.5. The second-order valence-corrected chi connectivity index (χ2v) is 6.08. The van der Waals surface area contributed by atoms with Crippen LogP contribution in [0.1, 0.15) is 5.56 Å². The largest absolute Gasteiger partial charge is 0.422 e. The summed E-state index contributed by atoms with van der Waals surface area (Å²) in [6, 6.07) is 20.9. The van der Waals surface area contributed by atoms with Gasteiger partial charge < -0.3 is 4.42 Å². The summed E-state index contributed by atoms with van der Waals surface area (Å²) in [5, 5.41) is 0.327. The van der Waals surface area contributed by atoms with Crippen molar-refractivity contribution in [3.05, 3.63) is 94.8 Å². The molecule has 134 valence electrons. The van der Waals surface area contributed by atoms with Gasteiger partial charge in [0.15, 0.2) is 0 Å². The predicted octanol–water partition coefficient (Wildman–Crippen LogP) is 6.15. The van der Waals surface area contributed by atoms with E-state index in [4.69, 9.17) is 4.42 Å². The number of rotatable bonds is 2. The molecule has 3 aromatic carbocycles. The van der Waals surface area contributed by atoms with Gasteiger partial charge in [0, 0.05) is 16.5 Å². The fourth-order valence-corrected chi connectivity index (χ4v) is 3.11. The van der Waals surface area contributed by atoms with Crippen molar-refractivity contribution >= 4 is 10.8 Å². The fraction of sp³-hybridized carbons (Fsp3) is 0.0455. The highest BCUT2D eigenvalue weighted by Gasteiger charge is 2.31. The SMILES string of the molecule is O=c1oc(-c2ccccc2)c(-c2ccccc2)c2cc(C(F)(F)F)ccc12. The molecule has 1 heterocycles. The van der Waals surface area contributed by atoms with Crippen LogP contribution in [0.2, 0.25) is 0 Å². The summed E-state index contributed by atoms with van der Waals surface area (Å²) in [5.74, 6) is 0.249. The van der Waals surface area contributed by atoms with Crippen LogP contribution >= 0.6 is 0 Å². The van der Waals surface area contributed by atoms with Crippen LogP contribution in [0, 0.1) is 0 Å². The molecular formula is C22H13F3O2. The van der Waals surface area contributed by atoms with Crippen LogP contribution in [0.3, 0.4) is 0 Å². The van der Waals surface area contributed by atoms with Crippen molar-refractivity contribution in [2.75, 3.05) is 0 Å². The van der Waals surface area contributed by atoms with Gasteiger partial charge in [0.05, 0.1) is 10.9 Å². The lowest BCUT2D eigenvalue weighted by molar-refractivity contribution is -0.137. The molecule has 0 aliphatic carbocycles. The maximum Gasteiger partial charge on any atom is 0.416 e. The van der Waals surface area contributed by atoms with Crippen LogP contribution in [0.15, 0.2) is 88.1 Å². The Morgan fingerprint density at radius 3 is 1.89 bits per heavy atom. The molecule has 0 fully saturated rings. The topological polar surface area (TPSA) is 30.2 Å². The van der Waals surface area contributed by atoms with Crippen LogP contribution in [0.25, 0.3) is 33.2 Å². The second-order valence-electron chi connectivity index (χ2n) is 6.08. The van der Waals surface area contributed by atoms with E-state index in [0.29, 0.717) is 16.7 Å². The molecule has 0 saturated heterocycles. The first kappa shape index (κ1) is 17.1. The lowest BCUT2D eigenvalue weighted by Gasteiger charge is -2.14. The van der Waals surface area contributed by atoms with Gasteiger partial charge in [-0.15, -0.1) is 0 Å². The third kappa shape index (κ3) is 3.12. The molecule has 1 aromatic heterocycles. The van der Waals surface area contributed by atoms with Crippen molar-refractivity contribution in [3.8, 4) is 22.5 Å². The molecule has 0 radical (unpaired) electrons. The molecule has 0 spiro atoms. The fourth-order valence-electron chi connectivity index (χ4n) is 3.11. The number of fused-ring (bicyclic) bond motifs is 1. The van der Waals surface area contributed by atoms with Gasteiger partial charge in [0.1, 0.15) is 5.76 Å². The number of hydrogen-bond acceptors (Lipinski definition) is 2. The van der Waals surface area contributed by atoms with Crippen molar-refractivity contribution in [3.63, 3.8) is 0 Å². The van der Waals surface area contributed by atoms with Gasteiger partial charge in [-0.05, 0) is 23.8 Å². The molecule has 0 unspecified atom stereocenters. The average molecular weight is 366 g/mol. The molecule has 4 rings (SSSR count). The zero-order valence-corrected chi connectivity index (χ0v) is 14.0. The minimum absolute atomic E-state index is 0.113. The lowest BCUT2D eigenvalue weighted by atomic mass is 9.94. The van der Waals surface area contributed by atoms with Gasteiger partial charge in [-0.3, -0.25) is 0 Å². The molecule has 0 saturated carbocycles. The van der Waals surface area contributed by atoms with E-state index < -0.39 is 17.4 Å². The monoisotopic (exact) mass is 366 g/mol. The van der Waals surface area contributed by atoms with Crippen LogP contribution in [-0.4, -0.2) is 0 Å². The average Bonchev–Trinajstić information content (AvgIpc) is 2.68. The molecule has 0 N–H and O–H groups in total. The Kier molecular flexibility index (Phi) is 4.07. The van der Waals surface area contributed by atoms with Crippen molar-refractivity contribution in [1.29, 1.82) is 0 Å². The van der Waals surface area contributed by atoms with Gasteiger partial charge in [-0.1, -0.05) is 60.7 Å². The molecule has 0 amide bonds. The van der Waals surface area contributed by atoms with E-state index in [1.54, 1.807) is 48.5 Å². The Bertz CT molecular complexity index is 1160. The molecule has 2 nitrogen and oxygen atoms in total. The Morgan fingerprint density at radius 2 is 1.30 bits per heavy atom. The highest BCUT2D eigenvalue weighted by molar-refractivity contribution is 6.01. The third-order valence-electron chi connectivity index (χ3n) is 4.36. The summed E-state index contributed by atoms with van der Waals surface area (Å²) in [5.41, 5.74) is 0.272. The van der Waals surface area contributed by atoms with Crippen LogP contribution in [0.4, 0.5) is 13.2 Å². The van der Waals surface area contributed by atoms with E-state index in [2.05, 4.69) is 0 Å². The number of benzene rings is 3. The summed E-state index contributed by atoms with van der Waals surface area (Å²) >= 11 is 0. The first-order valence-corrected chi connectivity index (χ1v) is 8.24. The van der Waals surface area contributed by atoms with Crippen molar-refractivity contribution < 1.29 is 17.6 Å². The molecule has 0 aliphatic rings. The van der Waals surface area contributed by atoms with E-state index >= 15 is 0 Å². The lowest BCUT2D eigenvalue weighted by Crippen LogP contribution is -2.08. The summed E-state index contributed by atoms with van der Waals surface area (Å²) in [6.07, 6.45) is -4.51. The predicted molar refractivity (Wildman–Crippen MR) is 98.4 cm³/mol. The zero-order chi connectivity index (χ0) is 19.0. The van der Waals surface area contributed by atoms with Gasteiger partial charge >= 0.3 is 11.8 Å². The molecule has 27 heavy (non-hydrogen) atoms. The molecule has 0 bridgehead atoms. The minimum Gasteiger partial charge on any atom is -0.422 e. The molecule has 0 atom stereocenters. The van der Waals surface area contributed by atoms with Gasteiger partial charge in [-0.2, -0.15) is 13.2 Å². The van der Waals surface area contributed by atoms with Crippen molar-refractivity contribution in [1.82, 2.24) is 0 Å². The molecular weight excluding hydrogens is 353 g/mol. The van der Waals surface area contributed by atoms with Crippen molar-refractivity contribution in [2.24, 2.45) is 0 Å². The third-order valence-corrected chi connectivity index (χ3v) is 4.36. The second kappa shape index (κ2) is 6.43. The van der Waals surface area contributed by atoms with Gasteiger partial charge in [-0.25, -0.2) is 4.79 Å². The van der Waals surface area contributed by atoms with Gasteiger partial charge in [0.25, 0.3) is 0 Å².